The SMILES string of the molecule is COc1cccc(-n2c([C@@H](C)Nc3ncnc(N)c3C#Cc3ncccc3F)nc3cccc(Cl)c3c2=O)c1C. The molecule has 0 aliphatic carbocycles. The molecule has 0 saturated carbocycles. The molecular formula is C29H23ClFN7O2. The number of nitrogens with two attached hydrogens (primary N) is 1. The lowest BCUT2D eigenvalue weighted by Gasteiger charge is -2.22. The van der Waals surface area contributed by atoms with Gasteiger partial charge >= 0.3 is 0 Å². The number of pyridine rings is 1. The lowest BCUT2D eigenvalue weighted by atomic mass is 10.1. The van der Waals surface area contributed by atoms with Gasteiger partial charge in [0.15, 0.2) is 5.82 Å². The summed E-state index contributed by atoms with van der Waals surface area (Å²) in [7, 11) is 1.56. The number of halogens is 2. The topological polar surface area (TPSA) is 121 Å². The second-order valence-electron chi connectivity index (χ2n) is 8.78. The number of nitrogen functional groups attached to an aromatic ring is 1. The number of fused-ring (bicyclic) bond motifs is 1. The van der Waals surface area contributed by atoms with Crippen LogP contribution in [0.2, 0.25) is 5.02 Å². The van der Waals surface area contributed by atoms with Crippen LogP contribution < -0.4 is 21.3 Å². The predicted molar refractivity (Wildman–Crippen MR) is 152 cm³/mol. The van der Waals surface area contributed by atoms with Crippen LogP contribution in [-0.4, -0.2) is 31.6 Å². The normalized spacial score (nSPS) is 11.5. The van der Waals surface area contributed by atoms with Gasteiger partial charge in [-0.3, -0.25) is 9.36 Å². The molecule has 0 unspecified atom stereocenters. The van der Waals surface area contributed by atoms with Crippen LogP contribution in [0.1, 0.15) is 35.6 Å². The largest absolute Gasteiger partial charge is 0.496 e. The minimum absolute atomic E-state index is 0.0415. The molecule has 1 atom stereocenters. The number of hydrogen-bond acceptors (Lipinski definition) is 8. The Labute approximate surface area is 233 Å². The minimum Gasteiger partial charge on any atom is -0.496 e. The Morgan fingerprint density at radius 3 is 2.67 bits per heavy atom. The minimum atomic E-state index is -0.594. The van der Waals surface area contributed by atoms with Gasteiger partial charge in [-0.15, -0.1) is 0 Å². The van der Waals surface area contributed by atoms with Gasteiger partial charge in [0.05, 0.1) is 34.8 Å². The average Bonchev–Trinajstić information content (AvgIpc) is 2.94. The number of nitrogens with one attached hydrogen (secondary N) is 1. The molecule has 0 aliphatic heterocycles. The van der Waals surface area contributed by atoms with E-state index in [9.17, 15) is 9.18 Å². The van der Waals surface area contributed by atoms with E-state index in [1.165, 1.54) is 29.2 Å². The molecule has 200 valence electrons. The van der Waals surface area contributed by atoms with E-state index in [0.717, 1.165) is 5.56 Å². The number of ether oxygens (including phenoxy) is 1. The number of aromatic nitrogens is 5. The fourth-order valence-corrected chi connectivity index (χ4v) is 4.55. The second kappa shape index (κ2) is 11.0. The number of anilines is 2. The number of rotatable bonds is 5. The lowest BCUT2D eigenvalue weighted by molar-refractivity contribution is 0.411. The van der Waals surface area contributed by atoms with E-state index in [-0.39, 0.29) is 33.8 Å². The average molecular weight is 556 g/mol. The standard InChI is InChI=1S/C29H23ClFN7O2/c1-16-23(10-5-11-24(16)40-3)38-28(37-22-9-4-7-19(30)25(22)29(38)39)17(2)36-27-18(26(32)34-15-35-27)12-13-21-20(31)8-6-14-33-21/h4-11,14-15,17H,1-3H3,(H3,32,34,35,36)/t17-/m1/s1. The number of hydrogen-bond donors (Lipinski definition) is 2. The van der Waals surface area contributed by atoms with E-state index in [0.29, 0.717) is 27.8 Å². The molecule has 40 heavy (non-hydrogen) atoms. The highest BCUT2D eigenvalue weighted by Gasteiger charge is 2.22. The van der Waals surface area contributed by atoms with Crippen molar-refractivity contribution in [3.05, 3.63) is 105 Å². The van der Waals surface area contributed by atoms with Crippen LogP contribution in [0, 0.1) is 24.6 Å². The Balaban J connectivity index is 1.67. The summed E-state index contributed by atoms with van der Waals surface area (Å²) in [4.78, 5) is 31.1. The first-order valence-corrected chi connectivity index (χ1v) is 12.5. The maximum atomic E-state index is 14.1. The molecule has 3 N–H and O–H groups in total. The molecule has 0 bridgehead atoms. The smallest absolute Gasteiger partial charge is 0.267 e. The van der Waals surface area contributed by atoms with Crippen LogP contribution in [0.3, 0.4) is 0 Å². The first-order valence-electron chi connectivity index (χ1n) is 12.1. The molecule has 11 heteroatoms. The highest BCUT2D eigenvalue weighted by atomic mass is 35.5. The van der Waals surface area contributed by atoms with Crippen LogP contribution in [0.5, 0.6) is 5.75 Å². The molecule has 5 aromatic rings. The third kappa shape index (κ3) is 4.90. The molecule has 5 rings (SSSR count). The Kier molecular flexibility index (Phi) is 7.31. The lowest BCUT2D eigenvalue weighted by Crippen LogP contribution is -2.28. The quantitative estimate of drug-likeness (QED) is 0.296. The van der Waals surface area contributed by atoms with Crippen LogP contribution in [0.25, 0.3) is 16.6 Å². The summed E-state index contributed by atoms with van der Waals surface area (Å²) in [6, 6.07) is 12.7. The summed E-state index contributed by atoms with van der Waals surface area (Å²) in [6.45, 7) is 3.67. The fraction of sp³-hybridized carbons (Fsp3) is 0.138. The van der Waals surface area contributed by atoms with E-state index < -0.39 is 11.9 Å². The summed E-state index contributed by atoms with van der Waals surface area (Å²) in [5, 5.41) is 3.83. The zero-order valence-electron chi connectivity index (χ0n) is 21.7. The van der Waals surface area contributed by atoms with Crippen molar-refractivity contribution in [1.82, 2.24) is 24.5 Å². The van der Waals surface area contributed by atoms with Gasteiger partial charge in [0.25, 0.3) is 5.56 Å². The zero-order valence-corrected chi connectivity index (χ0v) is 22.5. The van der Waals surface area contributed by atoms with Crippen molar-refractivity contribution in [1.29, 1.82) is 0 Å². The third-order valence-electron chi connectivity index (χ3n) is 6.27. The van der Waals surface area contributed by atoms with Crippen molar-refractivity contribution in [3.8, 4) is 23.3 Å². The Morgan fingerprint density at radius 2 is 1.90 bits per heavy atom. The van der Waals surface area contributed by atoms with Gasteiger partial charge < -0.3 is 15.8 Å². The molecular weight excluding hydrogens is 533 g/mol. The number of nitrogens with zero attached hydrogens (tertiary/aromatic N) is 5. The first-order chi connectivity index (χ1) is 19.3. The summed E-state index contributed by atoms with van der Waals surface area (Å²) < 4.78 is 21.1. The van der Waals surface area contributed by atoms with Gasteiger partial charge in [-0.05, 0) is 56.2 Å². The van der Waals surface area contributed by atoms with E-state index in [1.807, 2.05) is 19.9 Å². The maximum absolute atomic E-state index is 14.1. The van der Waals surface area contributed by atoms with Gasteiger partial charge in [0.1, 0.15) is 40.8 Å². The van der Waals surface area contributed by atoms with E-state index in [2.05, 4.69) is 32.1 Å². The van der Waals surface area contributed by atoms with Crippen LogP contribution in [0.15, 0.2) is 65.8 Å². The number of benzene rings is 2. The van der Waals surface area contributed by atoms with E-state index in [1.54, 1.807) is 37.4 Å². The van der Waals surface area contributed by atoms with Crippen LogP contribution >= 0.6 is 11.6 Å². The third-order valence-corrected chi connectivity index (χ3v) is 6.59. The van der Waals surface area contributed by atoms with Crippen molar-refractivity contribution in [2.24, 2.45) is 0 Å². The van der Waals surface area contributed by atoms with Gasteiger partial charge in [-0.2, -0.15) is 0 Å². The monoisotopic (exact) mass is 555 g/mol. The molecule has 2 aromatic carbocycles. The van der Waals surface area contributed by atoms with Crippen molar-refractivity contribution < 1.29 is 9.13 Å². The Bertz CT molecular complexity index is 1880. The van der Waals surface area contributed by atoms with E-state index >= 15 is 0 Å². The zero-order chi connectivity index (χ0) is 28.4. The van der Waals surface area contributed by atoms with Crippen molar-refractivity contribution >= 4 is 34.1 Å². The molecule has 9 nitrogen and oxygen atoms in total. The molecule has 0 saturated heterocycles. The Hall–Kier alpha value is -5.01. The van der Waals surface area contributed by atoms with Crippen molar-refractivity contribution in [2.45, 2.75) is 19.9 Å². The van der Waals surface area contributed by atoms with Crippen molar-refractivity contribution in [2.75, 3.05) is 18.2 Å². The van der Waals surface area contributed by atoms with Gasteiger partial charge in [-0.25, -0.2) is 24.3 Å². The molecule has 0 spiro atoms. The predicted octanol–water partition coefficient (Wildman–Crippen LogP) is 4.84. The number of methoxy groups -OCH3 is 1. The maximum Gasteiger partial charge on any atom is 0.267 e. The Morgan fingerprint density at radius 1 is 1.10 bits per heavy atom. The highest BCUT2D eigenvalue weighted by molar-refractivity contribution is 6.35. The highest BCUT2D eigenvalue weighted by Crippen LogP contribution is 2.29. The molecule has 0 radical (unpaired) electrons. The second-order valence-corrected chi connectivity index (χ2v) is 9.19. The summed E-state index contributed by atoms with van der Waals surface area (Å²) in [5.74, 6) is 6.30. The van der Waals surface area contributed by atoms with Gasteiger partial charge in [0, 0.05) is 11.8 Å². The first kappa shape index (κ1) is 26.6. The summed E-state index contributed by atoms with van der Waals surface area (Å²) >= 11 is 6.44. The van der Waals surface area contributed by atoms with Gasteiger partial charge in [0.2, 0.25) is 0 Å². The van der Waals surface area contributed by atoms with E-state index in [4.69, 9.17) is 27.1 Å². The summed E-state index contributed by atoms with van der Waals surface area (Å²) in [6.07, 6.45) is 2.72. The van der Waals surface area contributed by atoms with Crippen molar-refractivity contribution in [3.63, 3.8) is 0 Å². The molecule has 3 aromatic heterocycles. The molecule has 0 aliphatic rings. The van der Waals surface area contributed by atoms with Gasteiger partial charge in [-0.1, -0.05) is 29.7 Å². The van der Waals surface area contributed by atoms with Crippen LogP contribution in [-0.2, 0) is 0 Å². The summed E-state index contributed by atoms with van der Waals surface area (Å²) in [5.41, 5.74) is 7.73. The fourth-order valence-electron chi connectivity index (χ4n) is 4.30. The molecule has 0 amide bonds. The molecule has 0 fully saturated rings. The van der Waals surface area contributed by atoms with Crippen LogP contribution in [0.4, 0.5) is 16.0 Å². The molecule has 3 heterocycles.